The minimum absolute atomic E-state index is 0.0406. The average molecular weight is 262 g/mol. The Balaban J connectivity index is 2.76. The fourth-order valence-electron chi connectivity index (χ4n) is 2.09. The molecular weight excluding hydrogens is 240 g/mol. The Morgan fingerprint density at radius 3 is 2.65 bits per heavy atom. The maximum absolute atomic E-state index is 12.0. The summed E-state index contributed by atoms with van der Waals surface area (Å²) in [5, 5.41) is 2.78. The molecule has 0 aromatic carbocycles. The van der Waals surface area contributed by atoms with Crippen molar-refractivity contribution in [3.8, 4) is 0 Å². The van der Waals surface area contributed by atoms with E-state index >= 15 is 0 Å². The van der Waals surface area contributed by atoms with Crippen molar-refractivity contribution in [1.29, 1.82) is 0 Å². The van der Waals surface area contributed by atoms with Crippen molar-refractivity contribution in [2.24, 2.45) is 0 Å². The SMILES string of the molecule is CCCS(=O)(=O)N1CCCC1C(=O)NC(C)C. The molecule has 0 bridgehead atoms. The third-order valence-corrected chi connectivity index (χ3v) is 4.83. The summed E-state index contributed by atoms with van der Waals surface area (Å²) in [4.78, 5) is 11.9. The van der Waals surface area contributed by atoms with E-state index in [4.69, 9.17) is 0 Å². The second kappa shape index (κ2) is 5.82. The summed E-state index contributed by atoms with van der Waals surface area (Å²) in [6.07, 6.45) is 1.97. The largest absolute Gasteiger partial charge is 0.353 e. The molecule has 1 amide bonds. The Hall–Kier alpha value is -0.620. The summed E-state index contributed by atoms with van der Waals surface area (Å²) in [6.45, 7) is 6.05. The van der Waals surface area contributed by atoms with Gasteiger partial charge in [0.1, 0.15) is 6.04 Å². The summed E-state index contributed by atoms with van der Waals surface area (Å²) < 4.78 is 25.3. The highest BCUT2D eigenvalue weighted by molar-refractivity contribution is 7.89. The maximum atomic E-state index is 12.0. The molecule has 100 valence electrons. The summed E-state index contributed by atoms with van der Waals surface area (Å²) >= 11 is 0. The van der Waals surface area contributed by atoms with E-state index in [2.05, 4.69) is 5.32 Å². The summed E-state index contributed by atoms with van der Waals surface area (Å²) in [5.74, 6) is -0.0458. The van der Waals surface area contributed by atoms with Crippen molar-refractivity contribution < 1.29 is 13.2 Å². The van der Waals surface area contributed by atoms with Crippen LogP contribution in [0.2, 0.25) is 0 Å². The normalized spacial score (nSPS) is 22.0. The van der Waals surface area contributed by atoms with Crippen LogP contribution in [0.4, 0.5) is 0 Å². The van der Waals surface area contributed by atoms with Crippen molar-refractivity contribution in [2.45, 2.75) is 52.1 Å². The maximum Gasteiger partial charge on any atom is 0.238 e. The molecule has 1 N–H and O–H groups in total. The number of rotatable bonds is 5. The van der Waals surface area contributed by atoms with Gasteiger partial charge in [0.25, 0.3) is 0 Å². The highest BCUT2D eigenvalue weighted by atomic mass is 32.2. The molecule has 1 heterocycles. The smallest absolute Gasteiger partial charge is 0.238 e. The second-order valence-electron chi connectivity index (χ2n) is 4.75. The van der Waals surface area contributed by atoms with Crippen LogP contribution in [-0.4, -0.2) is 43.0 Å². The zero-order valence-corrected chi connectivity index (χ0v) is 11.6. The van der Waals surface area contributed by atoms with Crippen LogP contribution in [0.25, 0.3) is 0 Å². The molecule has 0 saturated carbocycles. The molecule has 5 nitrogen and oxygen atoms in total. The van der Waals surface area contributed by atoms with E-state index in [9.17, 15) is 13.2 Å². The first-order valence-electron chi connectivity index (χ1n) is 6.18. The number of nitrogens with one attached hydrogen (secondary N) is 1. The van der Waals surface area contributed by atoms with E-state index in [-0.39, 0.29) is 17.7 Å². The van der Waals surface area contributed by atoms with Crippen molar-refractivity contribution in [3.05, 3.63) is 0 Å². The summed E-state index contributed by atoms with van der Waals surface area (Å²) in [7, 11) is -3.27. The van der Waals surface area contributed by atoms with Crippen molar-refractivity contribution in [2.75, 3.05) is 12.3 Å². The van der Waals surface area contributed by atoms with Gasteiger partial charge in [0, 0.05) is 12.6 Å². The number of amides is 1. The van der Waals surface area contributed by atoms with Gasteiger partial charge >= 0.3 is 0 Å². The van der Waals surface area contributed by atoms with Crippen molar-refractivity contribution in [3.63, 3.8) is 0 Å². The lowest BCUT2D eigenvalue weighted by Gasteiger charge is -2.24. The van der Waals surface area contributed by atoms with Gasteiger partial charge in [0.15, 0.2) is 0 Å². The second-order valence-corrected chi connectivity index (χ2v) is 6.79. The lowest BCUT2D eigenvalue weighted by atomic mass is 10.2. The minimum atomic E-state index is -3.27. The van der Waals surface area contributed by atoms with E-state index < -0.39 is 16.1 Å². The Bertz CT molecular complexity index is 365. The van der Waals surface area contributed by atoms with Crippen LogP contribution in [0, 0.1) is 0 Å². The molecule has 1 fully saturated rings. The zero-order valence-electron chi connectivity index (χ0n) is 10.8. The van der Waals surface area contributed by atoms with Crippen molar-refractivity contribution >= 4 is 15.9 Å². The van der Waals surface area contributed by atoms with Gasteiger partial charge in [-0.05, 0) is 33.1 Å². The summed E-state index contributed by atoms with van der Waals surface area (Å²) in [6, 6.07) is -0.465. The van der Waals surface area contributed by atoms with Crippen LogP contribution >= 0.6 is 0 Å². The van der Waals surface area contributed by atoms with Gasteiger partial charge in [-0.1, -0.05) is 6.92 Å². The number of nitrogens with zero attached hydrogens (tertiary/aromatic N) is 1. The Kier molecular flexibility index (Phi) is 4.94. The summed E-state index contributed by atoms with van der Waals surface area (Å²) in [5.41, 5.74) is 0. The van der Waals surface area contributed by atoms with Crippen LogP contribution in [0.15, 0.2) is 0 Å². The molecular formula is C11H22N2O3S. The topological polar surface area (TPSA) is 66.5 Å². The molecule has 0 aromatic rings. The molecule has 1 aliphatic rings. The van der Waals surface area contributed by atoms with E-state index in [1.807, 2.05) is 20.8 Å². The number of hydrogen-bond acceptors (Lipinski definition) is 3. The van der Waals surface area contributed by atoms with Crippen LogP contribution < -0.4 is 5.32 Å². The fourth-order valence-corrected chi connectivity index (χ4v) is 3.84. The first-order valence-corrected chi connectivity index (χ1v) is 7.79. The first kappa shape index (κ1) is 14.4. The molecule has 1 rings (SSSR count). The predicted octanol–water partition coefficient (Wildman–Crippen LogP) is 0.715. The van der Waals surface area contributed by atoms with E-state index in [1.165, 1.54) is 4.31 Å². The lowest BCUT2D eigenvalue weighted by molar-refractivity contribution is -0.124. The standard InChI is InChI=1S/C11H22N2O3S/c1-4-8-17(15,16)13-7-5-6-10(13)11(14)12-9(2)3/h9-10H,4-8H2,1-3H3,(H,12,14). The van der Waals surface area contributed by atoms with Gasteiger partial charge in [-0.3, -0.25) is 4.79 Å². The Labute approximate surface area is 104 Å². The molecule has 0 aliphatic carbocycles. The molecule has 1 atom stereocenters. The number of carbonyl (C=O) groups is 1. The van der Waals surface area contributed by atoms with E-state index in [1.54, 1.807) is 0 Å². The van der Waals surface area contributed by atoms with Gasteiger partial charge in [-0.2, -0.15) is 4.31 Å². The van der Waals surface area contributed by atoms with Gasteiger partial charge in [0.05, 0.1) is 5.75 Å². The Morgan fingerprint density at radius 2 is 2.12 bits per heavy atom. The first-order chi connectivity index (χ1) is 7.88. The number of sulfonamides is 1. The number of carbonyl (C=O) groups excluding carboxylic acids is 1. The average Bonchev–Trinajstić information content (AvgIpc) is 2.64. The van der Waals surface area contributed by atoms with Gasteiger partial charge < -0.3 is 5.32 Å². The molecule has 0 radical (unpaired) electrons. The van der Waals surface area contributed by atoms with Crippen LogP contribution in [-0.2, 0) is 14.8 Å². The van der Waals surface area contributed by atoms with E-state index in [0.29, 0.717) is 19.4 Å². The van der Waals surface area contributed by atoms with Gasteiger partial charge in [-0.25, -0.2) is 8.42 Å². The Morgan fingerprint density at radius 1 is 1.47 bits per heavy atom. The molecule has 0 aromatic heterocycles. The molecule has 17 heavy (non-hydrogen) atoms. The highest BCUT2D eigenvalue weighted by Gasteiger charge is 2.37. The highest BCUT2D eigenvalue weighted by Crippen LogP contribution is 2.22. The van der Waals surface area contributed by atoms with Crippen LogP contribution in [0.1, 0.15) is 40.0 Å². The third kappa shape index (κ3) is 3.67. The molecule has 6 heteroatoms. The van der Waals surface area contributed by atoms with E-state index in [0.717, 1.165) is 6.42 Å². The van der Waals surface area contributed by atoms with Gasteiger partial charge in [0.2, 0.25) is 15.9 Å². The number of hydrogen-bond donors (Lipinski definition) is 1. The van der Waals surface area contributed by atoms with Crippen LogP contribution in [0.3, 0.4) is 0 Å². The molecule has 1 unspecified atom stereocenters. The lowest BCUT2D eigenvalue weighted by Crippen LogP contribution is -2.48. The monoisotopic (exact) mass is 262 g/mol. The minimum Gasteiger partial charge on any atom is -0.353 e. The molecule has 0 spiro atoms. The van der Waals surface area contributed by atoms with Crippen LogP contribution in [0.5, 0.6) is 0 Å². The molecule has 1 aliphatic heterocycles. The molecule has 1 saturated heterocycles. The quantitative estimate of drug-likeness (QED) is 0.793. The predicted molar refractivity (Wildman–Crippen MR) is 67.1 cm³/mol. The van der Waals surface area contributed by atoms with Gasteiger partial charge in [-0.15, -0.1) is 0 Å². The third-order valence-electron chi connectivity index (χ3n) is 2.76. The van der Waals surface area contributed by atoms with Crippen molar-refractivity contribution in [1.82, 2.24) is 9.62 Å². The fraction of sp³-hybridized carbons (Fsp3) is 0.909. The zero-order chi connectivity index (χ0) is 13.1.